The van der Waals surface area contributed by atoms with Crippen molar-refractivity contribution < 1.29 is 9.59 Å². The lowest BCUT2D eigenvalue weighted by molar-refractivity contribution is -0.117. The third kappa shape index (κ3) is 4.04. The summed E-state index contributed by atoms with van der Waals surface area (Å²) < 4.78 is 1.43. The van der Waals surface area contributed by atoms with Gasteiger partial charge in [-0.1, -0.05) is 19.1 Å². The maximum absolute atomic E-state index is 12.6. The molecule has 0 fully saturated rings. The number of carbonyl (C=O) groups is 2. The molecule has 1 N–H and O–H groups in total. The number of nitriles is 1. The van der Waals surface area contributed by atoms with Crippen molar-refractivity contribution in [2.75, 3.05) is 5.32 Å². The van der Waals surface area contributed by atoms with E-state index in [0.29, 0.717) is 11.4 Å². The number of anilines is 1. The molecule has 0 aliphatic heterocycles. The molecule has 1 atom stereocenters. The average Bonchev–Trinajstić information content (AvgIpc) is 3.24. The van der Waals surface area contributed by atoms with Crippen LogP contribution in [0.5, 0.6) is 0 Å². The van der Waals surface area contributed by atoms with Crippen LogP contribution in [0.4, 0.5) is 5.69 Å². The van der Waals surface area contributed by atoms with E-state index in [-0.39, 0.29) is 5.56 Å². The van der Waals surface area contributed by atoms with E-state index in [1.54, 1.807) is 30.3 Å². The van der Waals surface area contributed by atoms with Gasteiger partial charge in [0.05, 0.1) is 11.8 Å². The molecular formula is C19H16N6O2. The van der Waals surface area contributed by atoms with Crippen molar-refractivity contribution >= 4 is 17.4 Å². The van der Waals surface area contributed by atoms with Crippen LogP contribution in [0, 0.1) is 17.2 Å². The highest BCUT2D eigenvalue weighted by atomic mass is 16.2. The molecule has 0 aliphatic carbocycles. The van der Waals surface area contributed by atoms with Crippen molar-refractivity contribution in [1.29, 1.82) is 5.26 Å². The fraction of sp³-hybridized carbons (Fsp3) is 0.158. The molecule has 2 aromatic carbocycles. The molecule has 8 nitrogen and oxygen atoms in total. The minimum atomic E-state index is -1.44. The van der Waals surface area contributed by atoms with Gasteiger partial charge in [-0.05, 0) is 58.8 Å². The first-order valence-corrected chi connectivity index (χ1v) is 8.29. The number of benzene rings is 2. The summed E-state index contributed by atoms with van der Waals surface area (Å²) in [5, 5.41) is 22.8. The van der Waals surface area contributed by atoms with Gasteiger partial charge in [0.25, 0.3) is 0 Å². The molecule has 3 aromatic rings. The standard InChI is InChI=1S/C19H16N6O2/c1-2-13-3-7-15(8-4-13)22-19(27)17(11-20)18(26)14-5-9-16(10-6-14)25-12-21-23-24-25/h3-10,12,17H,2H2,1H3,(H,22,27). The summed E-state index contributed by atoms with van der Waals surface area (Å²) in [4.78, 5) is 25.0. The van der Waals surface area contributed by atoms with Gasteiger partial charge in [0.15, 0.2) is 11.7 Å². The average molecular weight is 360 g/mol. The Morgan fingerprint density at radius 1 is 1.15 bits per heavy atom. The van der Waals surface area contributed by atoms with Crippen LogP contribution in [0.25, 0.3) is 5.69 Å². The highest BCUT2D eigenvalue weighted by Gasteiger charge is 2.27. The molecule has 1 heterocycles. The summed E-state index contributed by atoms with van der Waals surface area (Å²) in [6.07, 6.45) is 2.31. The highest BCUT2D eigenvalue weighted by Crippen LogP contribution is 2.16. The second-order valence-electron chi connectivity index (χ2n) is 5.77. The number of hydrogen-bond acceptors (Lipinski definition) is 6. The maximum atomic E-state index is 12.6. The smallest absolute Gasteiger partial charge is 0.249 e. The van der Waals surface area contributed by atoms with Crippen molar-refractivity contribution in [3.8, 4) is 11.8 Å². The minimum absolute atomic E-state index is 0.259. The predicted molar refractivity (Wildman–Crippen MR) is 97.0 cm³/mol. The van der Waals surface area contributed by atoms with Crippen molar-refractivity contribution in [3.05, 3.63) is 66.0 Å². The van der Waals surface area contributed by atoms with Crippen molar-refractivity contribution in [2.24, 2.45) is 5.92 Å². The molecule has 134 valence electrons. The predicted octanol–water partition coefficient (Wildman–Crippen LogP) is 2.19. The Morgan fingerprint density at radius 3 is 2.41 bits per heavy atom. The molecule has 1 amide bonds. The minimum Gasteiger partial charge on any atom is -0.325 e. The first kappa shape index (κ1) is 17.9. The highest BCUT2D eigenvalue weighted by molar-refractivity contribution is 6.15. The van der Waals surface area contributed by atoms with Gasteiger partial charge in [0.2, 0.25) is 5.91 Å². The van der Waals surface area contributed by atoms with Crippen molar-refractivity contribution in [2.45, 2.75) is 13.3 Å². The van der Waals surface area contributed by atoms with Gasteiger partial charge in [-0.15, -0.1) is 5.10 Å². The van der Waals surface area contributed by atoms with Crippen LogP contribution in [0.3, 0.4) is 0 Å². The molecule has 27 heavy (non-hydrogen) atoms. The Balaban J connectivity index is 1.73. The van der Waals surface area contributed by atoms with E-state index >= 15 is 0 Å². The van der Waals surface area contributed by atoms with E-state index in [0.717, 1.165) is 12.0 Å². The molecule has 0 aliphatic rings. The van der Waals surface area contributed by atoms with Gasteiger partial charge in [0, 0.05) is 11.3 Å². The Kier molecular flexibility index (Phi) is 5.33. The quantitative estimate of drug-likeness (QED) is 0.532. The number of aryl methyl sites for hydroxylation is 1. The summed E-state index contributed by atoms with van der Waals surface area (Å²) in [7, 11) is 0. The zero-order valence-corrected chi connectivity index (χ0v) is 14.5. The number of amides is 1. The molecule has 1 unspecified atom stereocenters. The Hall–Kier alpha value is -3.86. The van der Waals surface area contributed by atoms with E-state index in [2.05, 4.69) is 20.8 Å². The van der Waals surface area contributed by atoms with E-state index in [1.807, 2.05) is 19.1 Å². The molecule has 0 spiro atoms. The number of nitrogens with one attached hydrogen (secondary N) is 1. The number of nitrogens with zero attached hydrogens (tertiary/aromatic N) is 5. The molecule has 0 saturated heterocycles. The van der Waals surface area contributed by atoms with Crippen LogP contribution in [0.1, 0.15) is 22.8 Å². The maximum Gasteiger partial charge on any atom is 0.249 e. The first-order valence-electron chi connectivity index (χ1n) is 8.29. The Bertz CT molecular complexity index is 973. The van der Waals surface area contributed by atoms with Crippen LogP contribution in [-0.2, 0) is 11.2 Å². The number of hydrogen-bond donors (Lipinski definition) is 1. The van der Waals surface area contributed by atoms with Crippen LogP contribution in [0.2, 0.25) is 0 Å². The van der Waals surface area contributed by atoms with Crippen LogP contribution >= 0.6 is 0 Å². The van der Waals surface area contributed by atoms with E-state index < -0.39 is 17.6 Å². The molecule has 0 saturated carbocycles. The third-order valence-corrected chi connectivity index (χ3v) is 4.05. The lowest BCUT2D eigenvalue weighted by Crippen LogP contribution is -2.28. The van der Waals surface area contributed by atoms with Gasteiger partial charge in [0.1, 0.15) is 6.33 Å². The van der Waals surface area contributed by atoms with E-state index in [4.69, 9.17) is 0 Å². The lowest BCUT2D eigenvalue weighted by Gasteiger charge is -2.10. The number of Topliss-reactive ketones (excluding diaryl/α,β-unsaturated/α-hetero) is 1. The Labute approximate surface area is 155 Å². The monoisotopic (exact) mass is 360 g/mol. The number of aromatic nitrogens is 4. The summed E-state index contributed by atoms with van der Waals surface area (Å²) in [5.74, 6) is -2.66. The summed E-state index contributed by atoms with van der Waals surface area (Å²) >= 11 is 0. The zero-order valence-electron chi connectivity index (χ0n) is 14.5. The number of tetrazole rings is 1. The van der Waals surface area contributed by atoms with Gasteiger partial charge in [-0.3, -0.25) is 9.59 Å². The summed E-state index contributed by atoms with van der Waals surface area (Å²) in [5.41, 5.74) is 2.59. The Morgan fingerprint density at radius 2 is 1.85 bits per heavy atom. The van der Waals surface area contributed by atoms with E-state index in [9.17, 15) is 14.9 Å². The first-order chi connectivity index (χ1) is 13.1. The van der Waals surface area contributed by atoms with Crippen LogP contribution in [0.15, 0.2) is 54.9 Å². The third-order valence-electron chi connectivity index (χ3n) is 4.05. The fourth-order valence-corrected chi connectivity index (χ4v) is 2.50. The number of carbonyl (C=O) groups excluding carboxylic acids is 2. The lowest BCUT2D eigenvalue weighted by atomic mass is 9.97. The van der Waals surface area contributed by atoms with Gasteiger partial charge in [-0.2, -0.15) is 5.26 Å². The molecule has 0 radical (unpaired) electrons. The molecule has 3 rings (SSSR count). The zero-order chi connectivity index (χ0) is 19.2. The molecule has 8 heteroatoms. The summed E-state index contributed by atoms with van der Waals surface area (Å²) in [6.45, 7) is 2.03. The molecule has 1 aromatic heterocycles. The summed E-state index contributed by atoms with van der Waals surface area (Å²) in [6, 6.07) is 15.4. The van der Waals surface area contributed by atoms with Gasteiger partial charge < -0.3 is 5.32 Å². The second kappa shape index (κ2) is 8.01. The van der Waals surface area contributed by atoms with Crippen molar-refractivity contribution in [1.82, 2.24) is 20.2 Å². The largest absolute Gasteiger partial charge is 0.325 e. The topological polar surface area (TPSA) is 114 Å². The fourth-order valence-electron chi connectivity index (χ4n) is 2.50. The van der Waals surface area contributed by atoms with Gasteiger partial charge in [-0.25, -0.2) is 4.68 Å². The van der Waals surface area contributed by atoms with Crippen LogP contribution in [-0.4, -0.2) is 31.9 Å². The van der Waals surface area contributed by atoms with Crippen molar-refractivity contribution in [3.63, 3.8) is 0 Å². The van der Waals surface area contributed by atoms with Crippen LogP contribution < -0.4 is 5.32 Å². The number of rotatable bonds is 6. The van der Waals surface area contributed by atoms with Gasteiger partial charge >= 0.3 is 0 Å². The number of ketones is 1. The normalized spacial score (nSPS) is 11.4. The molecular weight excluding hydrogens is 344 g/mol. The van der Waals surface area contributed by atoms with E-state index in [1.165, 1.54) is 23.1 Å². The molecule has 0 bridgehead atoms. The SMILES string of the molecule is CCc1ccc(NC(=O)C(C#N)C(=O)c2ccc(-n3cnnn3)cc2)cc1. The second-order valence-corrected chi connectivity index (χ2v) is 5.77.